The van der Waals surface area contributed by atoms with Gasteiger partial charge in [-0.1, -0.05) is 13.0 Å². The summed E-state index contributed by atoms with van der Waals surface area (Å²) in [5.41, 5.74) is -0.335. The van der Waals surface area contributed by atoms with Crippen LogP contribution >= 0.6 is 0 Å². The third-order valence-electron chi connectivity index (χ3n) is 2.56. The lowest BCUT2D eigenvalue weighted by Gasteiger charge is -2.28. The van der Waals surface area contributed by atoms with Gasteiger partial charge in [-0.3, -0.25) is 0 Å². The van der Waals surface area contributed by atoms with E-state index >= 15 is 0 Å². The predicted molar refractivity (Wildman–Crippen MR) is 72.8 cm³/mol. The fraction of sp³-hybridized carbons (Fsp3) is 0.571. The van der Waals surface area contributed by atoms with E-state index in [1.54, 1.807) is 14.2 Å². The molecule has 0 aliphatic carbocycles. The molecule has 0 unspecified atom stereocenters. The van der Waals surface area contributed by atoms with Crippen LogP contribution < -0.4 is 19.5 Å². The molecule has 0 aliphatic heterocycles. The Bertz CT molecular complexity index is 355. The summed E-state index contributed by atoms with van der Waals surface area (Å²) in [6.07, 6.45) is 0. The number of hydrogen-bond acceptors (Lipinski definition) is 4. The van der Waals surface area contributed by atoms with Crippen molar-refractivity contribution in [2.45, 2.75) is 26.4 Å². The molecule has 0 saturated carbocycles. The minimum Gasteiger partial charge on any atom is -0.493 e. The number of nitrogens with one attached hydrogen (secondary N) is 1. The highest BCUT2D eigenvalue weighted by molar-refractivity contribution is 5.51. The summed E-state index contributed by atoms with van der Waals surface area (Å²) in [5, 5.41) is 3.28. The molecule has 0 spiro atoms. The molecular formula is C14H23NO3. The zero-order valence-electron chi connectivity index (χ0n) is 11.9. The first-order valence-electron chi connectivity index (χ1n) is 6.14. The number of rotatable bonds is 7. The number of ether oxygens (including phenoxy) is 3. The van der Waals surface area contributed by atoms with Crippen LogP contribution in [0.25, 0.3) is 0 Å². The van der Waals surface area contributed by atoms with Crippen LogP contribution in [0.15, 0.2) is 18.2 Å². The fourth-order valence-corrected chi connectivity index (χ4v) is 1.66. The molecule has 1 aromatic rings. The lowest BCUT2D eigenvalue weighted by Crippen LogP contribution is -2.40. The normalized spacial score (nSPS) is 11.2. The van der Waals surface area contributed by atoms with Crippen molar-refractivity contribution in [2.75, 3.05) is 27.3 Å². The molecule has 1 aromatic carbocycles. The lowest BCUT2D eigenvalue weighted by molar-refractivity contribution is 0.0997. The summed E-state index contributed by atoms with van der Waals surface area (Å²) in [6.45, 7) is 7.80. The van der Waals surface area contributed by atoms with Gasteiger partial charge in [-0.05, 0) is 32.5 Å². The molecule has 4 heteroatoms. The van der Waals surface area contributed by atoms with E-state index in [0.717, 1.165) is 13.1 Å². The fourth-order valence-electron chi connectivity index (χ4n) is 1.66. The second kappa shape index (κ2) is 6.50. The highest BCUT2D eigenvalue weighted by Crippen LogP contribution is 2.38. The number of hydrogen-bond donors (Lipinski definition) is 1. The van der Waals surface area contributed by atoms with Gasteiger partial charge in [-0.15, -0.1) is 0 Å². The summed E-state index contributed by atoms with van der Waals surface area (Å²) >= 11 is 0. The summed E-state index contributed by atoms with van der Waals surface area (Å²) in [7, 11) is 3.25. The average molecular weight is 253 g/mol. The second-order valence-corrected chi connectivity index (χ2v) is 4.63. The molecule has 102 valence electrons. The highest BCUT2D eigenvalue weighted by Gasteiger charge is 2.23. The van der Waals surface area contributed by atoms with Crippen LogP contribution in [0.5, 0.6) is 17.2 Å². The van der Waals surface area contributed by atoms with Crippen LogP contribution in [0.4, 0.5) is 0 Å². The lowest BCUT2D eigenvalue weighted by atomic mass is 10.1. The van der Waals surface area contributed by atoms with Crippen molar-refractivity contribution < 1.29 is 14.2 Å². The van der Waals surface area contributed by atoms with Gasteiger partial charge in [0.05, 0.1) is 14.2 Å². The van der Waals surface area contributed by atoms with Crippen LogP contribution in [-0.2, 0) is 0 Å². The first-order valence-corrected chi connectivity index (χ1v) is 6.14. The summed E-state index contributed by atoms with van der Waals surface area (Å²) in [4.78, 5) is 0. The van der Waals surface area contributed by atoms with Gasteiger partial charge in [0.1, 0.15) is 5.60 Å². The topological polar surface area (TPSA) is 39.7 Å². The molecule has 0 aliphatic rings. The first-order chi connectivity index (χ1) is 8.54. The Morgan fingerprint density at radius 2 is 1.67 bits per heavy atom. The van der Waals surface area contributed by atoms with Crippen molar-refractivity contribution in [1.29, 1.82) is 0 Å². The van der Waals surface area contributed by atoms with Crippen molar-refractivity contribution in [2.24, 2.45) is 0 Å². The Labute approximate surface area is 109 Å². The number of methoxy groups -OCH3 is 2. The van der Waals surface area contributed by atoms with Crippen molar-refractivity contribution in [3.05, 3.63) is 18.2 Å². The van der Waals surface area contributed by atoms with Gasteiger partial charge >= 0.3 is 0 Å². The van der Waals surface area contributed by atoms with Crippen LogP contribution in [0, 0.1) is 0 Å². The number of benzene rings is 1. The van der Waals surface area contributed by atoms with E-state index < -0.39 is 0 Å². The second-order valence-electron chi connectivity index (χ2n) is 4.63. The summed E-state index contributed by atoms with van der Waals surface area (Å²) in [6, 6.07) is 5.60. The van der Waals surface area contributed by atoms with Gasteiger partial charge in [-0.2, -0.15) is 0 Å². The van der Waals surface area contributed by atoms with E-state index in [-0.39, 0.29) is 5.60 Å². The molecule has 0 heterocycles. The van der Waals surface area contributed by atoms with Crippen molar-refractivity contribution in [3.63, 3.8) is 0 Å². The van der Waals surface area contributed by atoms with E-state index in [9.17, 15) is 0 Å². The quantitative estimate of drug-likeness (QED) is 0.810. The Balaban J connectivity index is 2.94. The third-order valence-corrected chi connectivity index (χ3v) is 2.56. The first kappa shape index (κ1) is 14.6. The molecule has 0 saturated heterocycles. The van der Waals surface area contributed by atoms with E-state index in [1.165, 1.54) is 0 Å². The Morgan fingerprint density at radius 3 is 2.11 bits per heavy atom. The van der Waals surface area contributed by atoms with Crippen LogP contribution in [0.1, 0.15) is 20.8 Å². The minimum absolute atomic E-state index is 0.335. The monoisotopic (exact) mass is 253 g/mol. The van der Waals surface area contributed by atoms with Crippen LogP contribution in [0.3, 0.4) is 0 Å². The average Bonchev–Trinajstić information content (AvgIpc) is 2.36. The maximum Gasteiger partial charge on any atom is 0.204 e. The van der Waals surface area contributed by atoms with Gasteiger partial charge in [0, 0.05) is 6.54 Å². The number of likely N-dealkylation sites (N-methyl/N-ethyl adjacent to an activating group) is 1. The minimum atomic E-state index is -0.335. The molecule has 0 amide bonds. The van der Waals surface area contributed by atoms with E-state index in [1.807, 2.05) is 32.0 Å². The SMILES string of the molecule is CCNCC(C)(C)Oc1c(OC)cccc1OC. The van der Waals surface area contributed by atoms with Gasteiger partial charge < -0.3 is 19.5 Å². The predicted octanol–water partition coefficient (Wildman–Crippen LogP) is 2.47. The summed E-state index contributed by atoms with van der Waals surface area (Å²) < 4.78 is 16.7. The summed E-state index contributed by atoms with van der Waals surface area (Å²) in [5.74, 6) is 2.00. The molecule has 0 radical (unpaired) electrons. The smallest absolute Gasteiger partial charge is 0.204 e. The van der Waals surface area contributed by atoms with Crippen molar-refractivity contribution in [1.82, 2.24) is 5.32 Å². The molecule has 1 N–H and O–H groups in total. The van der Waals surface area contributed by atoms with Crippen molar-refractivity contribution in [3.8, 4) is 17.2 Å². The molecule has 0 fully saturated rings. The Hall–Kier alpha value is -1.42. The Kier molecular flexibility index (Phi) is 5.28. The zero-order valence-corrected chi connectivity index (χ0v) is 11.9. The molecule has 0 bridgehead atoms. The van der Waals surface area contributed by atoms with Gasteiger partial charge in [-0.25, -0.2) is 0 Å². The highest BCUT2D eigenvalue weighted by atomic mass is 16.5. The maximum absolute atomic E-state index is 6.04. The van der Waals surface area contributed by atoms with E-state index in [2.05, 4.69) is 12.2 Å². The maximum atomic E-state index is 6.04. The van der Waals surface area contributed by atoms with Crippen molar-refractivity contribution >= 4 is 0 Å². The molecule has 4 nitrogen and oxygen atoms in total. The number of para-hydroxylation sites is 1. The molecular weight excluding hydrogens is 230 g/mol. The van der Waals surface area contributed by atoms with E-state index in [0.29, 0.717) is 17.2 Å². The molecule has 18 heavy (non-hydrogen) atoms. The molecule has 1 rings (SSSR count). The largest absolute Gasteiger partial charge is 0.493 e. The third kappa shape index (κ3) is 3.81. The molecule has 0 atom stereocenters. The molecule has 0 aromatic heterocycles. The van der Waals surface area contributed by atoms with E-state index in [4.69, 9.17) is 14.2 Å². The Morgan fingerprint density at radius 1 is 1.11 bits per heavy atom. The van der Waals surface area contributed by atoms with Crippen LogP contribution in [-0.4, -0.2) is 32.9 Å². The van der Waals surface area contributed by atoms with Gasteiger partial charge in [0.25, 0.3) is 0 Å². The van der Waals surface area contributed by atoms with Gasteiger partial charge in [0.2, 0.25) is 5.75 Å². The van der Waals surface area contributed by atoms with Crippen LogP contribution in [0.2, 0.25) is 0 Å². The van der Waals surface area contributed by atoms with Gasteiger partial charge in [0.15, 0.2) is 11.5 Å². The zero-order chi connectivity index (χ0) is 13.6. The standard InChI is InChI=1S/C14H23NO3/c1-6-15-10-14(2,3)18-13-11(16-4)8-7-9-12(13)17-5/h7-9,15H,6,10H2,1-5H3.